The number of nitrogen functional groups attached to an aromatic ring is 1. The molecular weight excluding hydrogens is 178 g/mol. The minimum Gasteiger partial charge on any atom is -0.496 e. The van der Waals surface area contributed by atoms with Crippen molar-refractivity contribution >= 4 is 5.84 Å². The fourth-order valence-electron chi connectivity index (χ4n) is 1.25. The summed E-state index contributed by atoms with van der Waals surface area (Å²) in [6, 6.07) is 5.50. The molecule has 0 radical (unpaired) electrons. The lowest BCUT2D eigenvalue weighted by Crippen LogP contribution is -2.12. The van der Waals surface area contributed by atoms with Crippen molar-refractivity contribution in [3.8, 4) is 5.75 Å². The minimum absolute atomic E-state index is 0.0549. The van der Waals surface area contributed by atoms with E-state index in [-0.39, 0.29) is 5.84 Å². The molecule has 76 valence electrons. The third-order valence-corrected chi connectivity index (χ3v) is 1.97. The van der Waals surface area contributed by atoms with Gasteiger partial charge in [-0.25, -0.2) is 0 Å². The number of rotatable bonds is 4. The maximum atomic E-state index is 7.29. The van der Waals surface area contributed by atoms with Crippen molar-refractivity contribution in [2.75, 3.05) is 14.2 Å². The highest BCUT2D eigenvalue weighted by Gasteiger charge is 2.04. The Morgan fingerprint density at radius 1 is 1.57 bits per heavy atom. The number of hydrogen-bond donors (Lipinski definition) is 3. The van der Waals surface area contributed by atoms with Crippen molar-refractivity contribution < 1.29 is 4.74 Å². The van der Waals surface area contributed by atoms with Gasteiger partial charge in [0.15, 0.2) is 0 Å². The molecule has 0 aromatic heterocycles. The van der Waals surface area contributed by atoms with E-state index >= 15 is 0 Å². The summed E-state index contributed by atoms with van der Waals surface area (Å²) in [5.41, 5.74) is 7.11. The van der Waals surface area contributed by atoms with Crippen LogP contribution in [0.2, 0.25) is 0 Å². The Kier molecular flexibility index (Phi) is 3.48. The van der Waals surface area contributed by atoms with Crippen LogP contribution < -0.4 is 15.8 Å². The topological polar surface area (TPSA) is 71.1 Å². The molecule has 0 atom stereocenters. The fraction of sp³-hybridized carbons (Fsp3) is 0.300. The van der Waals surface area contributed by atoms with Crippen molar-refractivity contribution in [1.82, 2.24) is 5.32 Å². The third kappa shape index (κ3) is 2.23. The van der Waals surface area contributed by atoms with Crippen LogP contribution in [0, 0.1) is 5.41 Å². The van der Waals surface area contributed by atoms with Gasteiger partial charge in [-0.3, -0.25) is 5.41 Å². The zero-order valence-corrected chi connectivity index (χ0v) is 8.42. The standard InChI is InChI=1S/C10H15N3O/c1-13-6-8-4-3-7(10(11)12)5-9(8)14-2/h3-5,13H,6H2,1-2H3,(H3,11,12). The van der Waals surface area contributed by atoms with Gasteiger partial charge in [0.25, 0.3) is 0 Å². The summed E-state index contributed by atoms with van der Waals surface area (Å²) < 4.78 is 5.20. The Morgan fingerprint density at radius 2 is 2.29 bits per heavy atom. The maximum absolute atomic E-state index is 7.29. The molecule has 0 bridgehead atoms. The molecule has 4 nitrogen and oxygen atoms in total. The van der Waals surface area contributed by atoms with Crippen molar-refractivity contribution in [3.63, 3.8) is 0 Å². The molecule has 1 aromatic carbocycles. The average molecular weight is 193 g/mol. The van der Waals surface area contributed by atoms with Crippen LogP contribution in [0.5, 0.6) is 5.75 Å². The molecule has 0 heterocycles. The lowest BCUT2D eigenvalue weighted by Gasteiger charge is -2.09. The molecule has 0 saturated heterocycles. The van der Waals surface area contributed by atoms with E-state index < -0.39 is 0 Å². The number of nitrogens with two attached hydrogens (primary N) is 1. The summed E-state index contributed by atoms with van der Waals surface area (Å²) in [4.78, 5) is 0. The van der Waals surface area contributed by atoms with Crippen molar-refractivity contribution in [2.45, 2.75) is 6.54 Å². The molecule has 0 aliphatic rings. The van der Waals surface area contributed by atoms with E-state index in [4.69, 9.17) is 15.9 Å². The van der Waals surface area contributed by atoms with Gasteiger partial charge in [0, 0.05) is 17.7 Å². The van der Waals surface area contributed by atoms with Crippen LogP contribution in [0.3, 0.4) is 0 Å². The number of hydrogen-bond acceptors (Lipinski definition) is 3. The minimum atomic E-state index is 0.0549. The summed E-state index contributed by atoms with van der Waals surface area (Å²) in [7, 11) is 3.48. The number of benzene rings is 1. The van der Waals surface area contributed by atoms with Crippen LogP contribution in [0.25, 0.3) is 0 Å². The Bertz CT molecular complexity index is 336. The lowest BCUT2D eigenvalue weighted by atomic mass is 10.1. The Hall–Kier alpha value is -1.55. The van der Waals surface area contributed by atoms with Crippen LogP contribution in [0.1, 0.15) is 11.1 Å². The number of amidine groups is 1. The Labute approximate surface area is 83.6 Å². The average Bonchev–Trinajstić information content (AvgIpc) is 2.18. The second kappa shape index (κ2) is 4.62. The third-order valence-electron chi connectivity index (χ3n) is 1.97. The van der Waals surface area contributed by atoms with Crippen LogP contribution in [0.15, 0.2) is 18.2 Å². The van der Waals surface area contributed by atoms with Crippen LogP contribution in [-0.4, -0.2) is 20.0 Å². The van der Waals surface area contributed by atoms with E-state index in [1.807, 2.05) is 19.2 Å². The van der Waals surface area contributed by atoms with Crippen molar-refractivity contribution in [1.29, 1.82) is 5.41 Å². The zero-order chi connectivity index (χ0) is 10.6. The molecule has 0 amide bonds. The monoisotopic (exact) mass is 193 g/mol. The number of ether oxygens (including phenoxy) is 1. The number of methoxy groups -OCH3 is 1. The van der Waals surface area contributed by atoms with E-state index in [0.29, 0.717) is 5.56 Å². The van der Waals surface area contributed by atoms with Crippen LogP contribution in [0.4, 0.5) is 0 Å². The SMILES string of the molecule is CNCc1ccc(C(=N)N)cc1OC. The van der Waals surface area contributed by atoms with Crippen molar-refractivity contribution in [2.24, 2.45) is 5.73 Å². The molecule has 1 aromatic rings. The number of nitrogens with one attached hydrogen (secondary N) is 2. The first-order chi connectivity index (χ1) is 6.69. The quantitative estimate of drug-likeness (QED) is 0.487. The van der Waals surface area contributed by atoms with Gasteiger partial charge in [0.05, 0.1) is 7.11 Å². The van der Waals surface area contributed by atoms with Gasteiger partial charge in [-0.05, 0) is 13.1 Å². The van der Waals surface area contributed by atoms with E-state index in [0.717, 1.165) is 17.9 Å². The predicted octanol–water partition coefficient (Wildman–Crippen LogP) is 0.699. The van der Waals surface area contributed by atoms with Gasteiger partial charge in [0.2, 0.25) is 0 Å². The lowest BCUT2D eigenvalue weighted by molar-refractivity contribution is 0.408. The molecule has 1 rings (SSSR count). The van der Waals surface area contributed by atoms with Gasteiger partial charge in [0.1, 0.15) is 11.6 Å². The van der Waals surface area contributed by atoms with Gasteiger partial charge >= 0.3 is 0 Å². The van der Waals surface area contributed by atoms with Gasteiger partial charge < -0.3 is 15.8 Å². The molecule has 0 fully saturated rings. The van der Waals surface area contributed by atoms with E-state index in [1.165, 1.54) is 0 Å². The van der Waals surface area contributed by atoms with Gasteiger partial charge in [-0.1, -0.05) is 12.1 Å². The fourth-order valence-corrected chi connectivity index (χ4v) is 1.25. The van der Waals surface area contributed by atoms with E-state index in [1.54, 1.807) is 13.2 Å². The van der Waals surface area contributed by atoms with Gasteiger partial charge in [-0.2, -0.15) is 0 Å². The normalized spacial score (nSPS) is 9.86. The Balaban J connectivity index is 3.04. The summed E-state index contributed by atoms with van der Waals surface area (Å²) in [5.74, 6) is 0.811. The van der Waals surface area contributed by atoms with Crippen LogP contribution >= 0.6 is 0 Å². The smallest absolute Gasteiger partial charge is 0.124 e. The predicted molar refractivity (Wildman–Crippen MR) is 56.8 cm³/mol. The molecule has 0 spiro atoms. The van der Waals surface area contributed by atoms with E-state index in [2.05, 4.69) is 5.32 Å². The molecule has 0 aliphatic carbocycles. The van der Waals surface area contributed by atoms with Crippen LogP contribution in [-0.2, 0) is 6.54 Å². The molecule has 0 aliphatic heterocycles. The van der Waals surface area contributed by atoms with Gasteiger partial charge in [-0.15, -0.1) is 0 Å². The first-order valence-corrected chi connectivity index (χ1v) is 4.35. The molecule has 0 saturated carbocycles. The highest BCUT2D eigenvalue weighted by atomic mass is 16.5. The summed E-state index contributed by atoms with van der Waals surface area (Å²) in [6.07, 6.45) is 0. The first kappa shape index (κ1) is 10.5. The highest BCUT2D eigenvalue weighted by Crippen LogP contribution is 2.19. The van der Waals surface area contributed by atoms with Crippen molar-refractivity contribution in [3.05, 3.63) is 29.3 Å². The second-order valence-electron chi connectivity index (χ2n) is 2.97. The maximum Gasteiger partial charge on any atom is 0.124 e. The highest BCUT2D eigenvalue weighted by molar-refractivity contribution is 5.95. The molecule has 4 heteroatoms. The molecule has 14 heavy (non-hydrogen) atoms. The largest absolute Gasteiger partial charge is 0.496 e. The second-order valence-corrected chi connectivity index (χ2v) is 2.97. The Morgan fingerprint density at radius 3 is 2.79 bits per heavy atom. The van der Waals surface area contributed by atoms with E-state index in [9.17, 15) is 0 Å². The first-order valence-electron chi connectivity index (χ1n) is 4.35. The molecule has 0 unspecified atom stereocenters. The summed E-state index contributed by atoms with van der Waals surface area (Å²) >= 11 is 0. The summed E-state index contributed by atoms with van der Waals surface area (Å²) in [6.45, 7) is 0.737. The zero-order valence-electron chi connectivity index (χ0n) is 8.42. The summed E-state index contributed by atoms with van der Waals surface area (Å²) in [5, 5.41) is 10.3. The molecule has 4 N–H and O–H groups in total. The molecular formula is C10H15N3O.